The highest BCUT2D eigenvalue weighted by Gasteiger charge is 2.16. The molecule has 0 atom stereocenters. The van der Waals surface area contributed by atoms with E-state index in [9.17, 15) is 4.79 Å². The van der Waals surface area contributed by atoms with Gasteiger partial charge in [-0.05, 0) is 24.3 Å². The maximum absolute atomic E-state index is 12.5. The van der Waals surface area contributed by atoms with Crippen molar-refractivity contribution in [3.8, 4) is 10.7 Å². The lowest BCUT2D eigenvalue weighted by Gasteiger charge is -2.08. The summed E-state index contributed by atoms with van der Waals surface area (Å²) in [5.74, 6) is -0.233. The largest absolute Gasteiger partial charge is 0.383 e. The van der Waals surface area contributed by atoms with Crippen molar-refractivity contribution in [1.29, 1.82) is 0 Å². The minimum Gasteiger partial charge on any atom is -0.383 e. The number of amides is 1. The van der Waals surface area contributed by atoms with Crippen LogP contribution in [-0.4, -0.2) is 34.2 Å². The van der Waals surface area contributed by atoms with Crippen molar-refractivity contribution in [2.45, 2.75) is 6.54 Å². The lowest BCUT2D eigenvalue weighted by atomic mass is 10.2. The molecule has 0 aliphatic rings. The van der Waals surface area contributed by atoms with Gasteiger partial charge in [-0.1, -0.05) is 18.2 Å². The monoisotopic (exact) mass is 378 g/mol. The number of ether oxygens (including phenoxy) is 1. The van der Waals surface area contributed by atoms with Crippen molar-refractivity contribution in [1.82, 2.24) is 14.5 Å². The molecule has 7 heteroatoms. The van der Waals surface area contributed by atoms with E-state index in [0.29, 0.717) is 18.0 Å². The number of carbonyl (C=O) groups excluding carboxylic acids is 1. The summed E-state index contributed by atoms with van der Waals surface area (Å²) in [6, 6.07) is 13.8. The second kappa shape index (κ2) is 7.69. The molecule has 0 aliphatic heterocycles. The second-order valence-electron chi connectivity index (χ2n) is 5.96. The van der Waals surface area contributed by atoms with Gasteiger partial charge in [0.15, 0.2) is 0 Å². The molecule has 0 unspecified atom stereocenters. The van der Waals surface area contributed by atoms with E-state index in [4.69, 9.17) is 4.74 Å². The minimum atomic E-state index is -0.233. The molecule has 27 heavy (non-hydrogen) atoms. The number of carbonyl (C=O) groups is 1. The number of nitrogens with one attached hydrogen (secondary N) is 1. The summed E-state index contributed by atoms with van der Waals surface area (Å²) < 4.78 is 7.44. The van der Waals surface area contributed by atoms with E-state index >= 15 is 0 Å². The SMILES string of the molecule is COCCn1c(-c2nc(C(=O)Nc3ccncc3)cs2)cc2ccccc21. The Hall–Kier alpha value is -3.03. The molecule has 0 saturated carbocycles. The molecular formula is C20H18N4O2S. The van der Waals surface area contributed by atoms with Gasteiger partial charge in [0, 0.05) is 48.0 Å². The summed E-state index contributed by atoms with van der Waals surface area (Å²) in [4.78, 5) is 21.0. The summed E-state index contributed by atoms with van der Waals surface area (Å²) >= 11 is 1.46. The molecule has 6 nitrogen and oxygen atoms in total. The van der Waals surface area contributed by atoms with Crippen molar-refractivity contribution in [2.24, 2.45) is 0 Å². The van der Waals surface area contributed by atoms with E-state index in [1.54, 1.807) is 37.0 Å². The first-order valence-corrected chi connectivity index (χ1v) is 9.38. The first kappa shape index (κ1) is 17.4. The van der Waals surface area contributed by atoms with Crippen LogP contribution in [0.1, 0.15) is 10.5 Å². The number of pyridine rings is 1. The van der Waals surface area contributed by atoms with Gasteiger partial charge in [0.1, 0.15) is 10.7 Å². The van der Waals surface area contributed by atoms with Crippen LogP contribution in [0, 0.1) is 0 Å². The molecule has 0 spiro atoms. The first-order valence-electron chi connectivity index (χ1n) is 8.51. The van der Waals surface area contributed by atoms with Gasteiger partial charge in [-0.15, -0.1) is 11.3 Å². The normalized spacial score (nSPS) is 11.0. The molecule has 0 bridgehead atoms. The Kier molecular flexibility index (Phi) is 4.95. The van der Waals surface area contributed by atoms with E-state index < -0.39 is 0 Å². The summed E-state index contributed by atoms with van der Waals surface area (Å²) in [6.07, 6.45) is 3.27. The predicted octanol–water partition coefficient (Wildman–Crippen LogP) is 4.06. The molecule has 1 amide bonds. The van der Waals surface area contributed by atoms with Crippen LogP contribution in [0.5, 0.6) is 0 Å². The molecule has 0 radical (unpaired) electrons. The quantitative estimate of drug-likeness (QED) is 0.549. The van der Waals surface area contributed by atoms with Gasteiger partial charge in [-0.25, -0.2) is 4.98 Å². The lowest BCUT2D eigenvalue weighted by molar-refractivity contribution is 0.102. The first-order chi connectivity index (χ1) is 13.3. The van der Waals surface area contributed by atoms with E-state index in [-0.39, 0.29) is 5.91 Å². The molecule has 0 fully saturated rings. The molecule has 3 aromatic heterocycles. The maximum atomic E-state index is 12.5. The fraction of sp³-hybridized carbons (Fsp3) is 0.150. The lowest BCUT2D eigenvalue weighted by Crippen LogP contribution is -2.12. The molecule has 0 saturated heterocycles. The van der Waals surface area contributed by atoms with Crippen LogP contribution in [0.25, 0.3) is 21.6 Å². The maximum Gasteiger partial charge on any atom is 0.275 e. The topological polar surface area (TPSA) is 69.0 Å². The number of aromatic nitrogens is 3. The number of nitrogens with zero attached hydrogens (tertiary/aromatic N) is 3. The Morgan fingerprint density at radius 2 is 2.04 bits per heavy atom. The van der Waals surface area contributed by atoms with Gasteiger partial charge in [-0.3, -0.25) is 9.78 Å². The van der Waals surface area contributed by atoms with Crippen LogP contribution in [-0.2, 0) is 11.3 Å². The van der Waals surface area contributed by atoms with E-state index in [0.717, 1.165) is 28.1 Å². The summed E-state index contributed by atoms with van der Waals surface area (Å²) in [5.41, 5.74) is 3.21. The zero-order valence-electron chi connectivity index (χ0n) is 14.8. The number of fused-ring (bicyclic) bond motifs is 1. The number of para-hydroxylation sites is 1. The number of thiazole rings is 1. The van der Waals surface area contributed by atoms with Crippen LogP contribution in [0.3, 0.4) is 0 Å². The Morgan fingerprint density at radius 3 is 2.85 bits per heavy atom. The van der Waals surface area contributed by atoms with Crippen LogP contribution in [0.4, 0.5) is 5.69 Å². The second-order valence-corrected chi connectivity index (χ2v) is 6.82. The Bertz CT molecular complexity index is 1070. The number of rotatable bonds is 6. The number of anilines is 1. The fourth-order valence-electron chi connectivity index (χ4n) is 2.94. The van der Waals surface area contributed by atoms with Crippen molar-refractivity contribution < 1.29 is 9.53 Å². The summed E-state index contributed by atoms with van der Waals surface area (Å²) in [7, 11) is 1.69. The van der Waals surface area contributed by atoms with Crippen molar-refractivity contribution in [3.05, 3.63) is 65.9 Å². The summed E-state index contributed by atoms with van der Waals surface area (Å²) in [6.45, 7) is 1.32. The van der Waals surface area contributed by atoms with E-state index in [1.807, 2.05) is 12.1 Å². The molecule has 3 heterocycles. The zero-order valence-corrected chi connectivity index (χ0v) is 15.6. The van der Waals surface area contributed by atoms with Crippen molar-refractivity contribution in [2.75, 3.05) is 19.0 Å². The highest BCUT2D eigenvalue weighted by molar-refractivity contribution is 7.13. The minimum absolute atomic E-state index is 0.233. The Morgan fingerprint density at radius 1 is 1.22 bits per heavy atom. The molecule has 4 rings (SSSR count). The zero-order chi connectivity index (χ0) is 18.6. The van der Waals surface area contributed by atoms with Crippen LogP contribution in [0.15, 0.2) is 60.2 Å². The van der Waals surface area contributed by atoms with Gasteiger partial charge >= 0.3 is 0 Å². The average molecular weight is 378 g/mol. The molecule has 136 valence electrons. The van der Waals surface area contributed by atoms with Crippen LogP contribution < -0.4 is 5.32 Å². The molecular weight excluding hydrogens is 360 g/mol. The standard InChI is InChI=1S/C20H18N4O2S/c1-26-11-10-24-17-5-3-2-4-14(17)12-18(24)20-23-16(13-27-20)19(25)22-15-6-8-21-9-7-15/h2-9,12-13H,10-11H2,1H3,(H,21,22,25). The Balaban J connectivity index is 1.65. The average Bonchev–Trinajstić information content (AvgIpc) is 3.32. The van der Waals surface area contributed by atoms with Gasteiger partial charge in [-0.2, -0.15) is 0 Å². The van der Waals surface area contributed by atoms with Gasteiger partial charge in [0.05, 0.1) is 12.3 Å². The number of methoxy groups -OCH3 is 1. The van der Waals surface area contributed by atoms with Gasteiger partial charge < -0.3 is 14.6 Å². The molecule has 1 aromatic carbocycles. The highest BCUT2D eigenvalue weighted by atomic mass is 32.1. The highest BCUT2D eigenvalue weighted by Crippen LogP contribution is 2.30. The van der Waals surface area contributed by atoms with E-state index in [1.165, 1.54) is 11.3 Å². The number of benzene rings is 1. The molecule has 0 aliphatic carbocycles. The number of hydrogen-bond acceptors (Lipinski definition) is 5. The fourth-order valence-corrected chi connectivity index (χ4v) is 3.76. The van der Waals surface area contributed by atoms with Gasteiger partial charge in [0.25, 0.3) is 5.91 Å². The van der Waals surface area contributed by atoms with Gasteiger partial charge in [0.2, 0.25) is 0 Å². The van der Waals surface area contributed by atoms with Crippen LogP contribution >= 0.6 is 11.3 Å². The third-order valence-corrected chi connectivity index (χ3v) is 5.09. The predicted molar refractivity (Wildman–Crippen MR) is 107 cm³/mol. The third-order valence-electron chi connectivity index (χ3n) is 4.22. The molecule has 1 N–H and O–H groups in total. The summed E-state index contributed by atoms with van der Waals surface area (Å²) in [5, 5.41) is 6.57. The van der Waals surface area contributed by atoms with Crippen molar-refractivity contribution in [3.63, 3.8) is 0 Å². The van der Waals surface area contributed by atoms with Crippen LogP contribution in [0.2, 0.25) is 0 Å². The smallest absolute Gasteiger partial charge is 0.275 e. The number of hydrogen-bond donors (Lipinski definition) is 1. The Labute approximate surface area is 160 Å². The third kappa shape index (κ3) is 3.60. The molecule has 4 aromatic rings. The van der Waals surface area contributed by atoms with Crippen molar-refractivity contribution >= 4 is 33.8 Å². The van der Waals surface area contributed by atoms with E-state index in [2.05, 4.69) is 38.1 Å².